The van der Waals surface area contributed by atoms with Crippen LogP contribution >= 0.6 is 0 Å². The number of Topliss-reactive ketones (excluding diaryl/α,β-unsaturated/α-hetero) is 1. The van der Waals surface area contributed by atoms with E-state index >= 15 is 0 Å². The molecule has 16 heavy (non-hydrogen) atoms. The van der Waals surface area contributed by atoms with Crippen molar-refractivity contribution in [3.8, 4) is 0 Å². The predicted octanol–water partition coefficient (Wildman–Crippen LogP) is 2.58. The van der Waals surface area contributed by atoms with E-state index in [9.17, 15) is 4.79 Å². The number of ketones is 1. The third kappa shape index (κ3) is 2.70. The van der Waals surface area contributed by atoms with Crippen molar-refractivity contribution in [3.05, 3.63) is 35.4 Å². The summed E-state index contributed by atoms with van der Waals surface area (Å²) in [4.78, 5) is 13.4. The molecule has 0 N–H and O–H groups in total. The van der Waals surface area contributed by atoms with Gasteiger partial charge in [-0.3, -0.25) is 9.69 Å². The maximum atomic E-state index is 11.1. The predicted molar refractivity (Wildman–Crippen MR) is 65.4 cm³/mol. The molecular formula is C14H19NO. The molecule has 0 spiro atoms. The fraction of sp³-hybridized carbons (Fsp3) is 0.500. The normalized spacial score (nSPS) is 17.3. The molecule has 1 aliphatic rings. The molecule has 1 saturated heterocycles. The Morgan fingerprint density at radius 2 is 1.94 bits per heavy atom. The van der Waals surface area contributed by atoms with Gasteiger partial charge in [0, 0.05) is 19.5 Å². The van der Waals surface area contributed by atoms with Gasteiger partial charge in [-0.05, 0) is 17.0 Å². The van der Waals surface area contributed by atoms with E-state index in [-0.39, 0.29) is 0 Å². The lowest BCUT2D eigenvalue weighted by atomic mass is 10.0. The van der Waals surface area contributed by atoms with Crippen molar-refractivity contribution in [3.63, 3.8) is 0 Å². The van der Waals surface area contributed by atoms with Crippen LogP contribution in [0.2, 0.25) is 0 Å². The van der Waals surface area contributed by atoms with E-state index in [2.05, 4.69) is 43.0 Å². The first-order valence-electron chi connectivity index (χ1n) is 5.98. The average Bonchev–Trinajstić information content (AvgIpc) is 2.65. The molecule has 1 aromatic carbocycles. The van der Waals surface area contributed by atoms with Crippen molar-refractivity contribution in [2.75, 3.05) is 13.1 Å². The summed E-state index contributed by atoms with van der Waals surface area (Å²) in [6.07, 6.45) is 0.726. The molecule has 0 atom stereocenters. The molecule has 2 heteroatoms. The Morgan fingerprint density at radius 1 is 1.25 bits per heavy atom. The van der Waals surface area contributed by atoms with Gasteiger partial charge >= 0.3 is 0 Å². The number of nitrogens with zero attached hydrogens (tertiary/aromatic N) is 1. The summed E-state index contributed by atoms with van der Waals surface area (Å²) in [5, 5.41) is 0. The Kier molecular flexibility index (Phi) is 3.39. The van der Waals surface area contributed by atoms with E-state index in [1.54, 1.807) is 0 Å². The van der Waals surface area contributed by atoms with Crippen molar-refractivity contribution < 1.29 is 4.79 Å². The largest absolute Gasteiger partial charge is 0.298 e. The highest BCUT2D eigenvalue weighted by Gasteiger charge is 2.18. The molecule has 1 fully saturated rings. The molecule has 0 amide bonds. The van der Waals surface area contributed by atoms with Gasteiger partial charge in [-0.2, -0.15) is 0 Å². The quantitative estimate of drug-likeness (QED) is 0.775. The third-order valence-corrected chi connectivity index (χ3v) is 3.16. The average molecular weight is 217 g/mol. The van der Waals surface area contributed by atoms with E-state index in [0.717, 1.165) is 19.5 Å². The second-order valence-corrected chi connectivity index (χ2v) is 4.90. The highest BCUT2D eigenvalue weighted by Crippen LogP contribution is 2.16. The van der Waals surface area contributed by atoms with E-state index < -0.39 is 0 Å². The SMILES string of the molecule is CC(C)c1ccc(CN2CCC(=O)C2)cc1. The Bertz CT molecular complexity index is 367. The van der Waals surface area contributed by atoms with Gasteiger partial charge in [0.05, 0.1) is 6.54 Å². The maximum Gasteiger partial charge on any atom is 0.148 e. The number of likely N-dealkylation sites (tertiary alicyclic amines) is 1. The number of carbonyl (C=O) groups is 1. The summed E-state index contributed by atoms with van der Waals surface area (Å²) in [6, 6.07) is 8.74. The van der Waals surface area contributed by atoms with Gasteiger partial charge in [0.15, 0.2) is 0 Å². The first-order valence-corrected chi connectivity index (χ1v) is 5.98. The lowest BCUT2D eigenvalue weighted by Gasteiger charge is -2.14. The summed E-state index contributed by atoms with van der Waals surface area (Å²) < 4.78 is 0. The van der Waals surface area contributed by atoms with Gasteiger partial charge in [0.1, 0.15) is 5.78 Å². The Balaban J connectivity index is 1.97. The van der Waals surface area contributed by atoms with Gasteiger partial charge < -0.3 is 0 Å². The fourth-order valence-electron chi connectivity index (χ4n) is 2.09. The Hall–Kier alpha value is -1.15. The molecule has 1 heterocycles. The van der Waals surface area contributed by atoms with Gasteiger partial charge in [-0.25, -0.2) is 0 Å². The number of hydrogen-bond donors (Lipinski definition) is 0. The Morgan fingerprint density at radius 3 is 2.44 bits per heavy atom. The molecule has 2 nitrogen and oxygen atoms in total. The minimum atomic E-state index is 0.374. The van der Waals surface area contributed by atoms with Crippen molar-refractivity contribution in [1.82, 2.24) is 4.90 Å². The van der Waals surface area contributed by atoms with Crippen LogP contribution in [-0.2, 0) is 11.3 Å². The van der Waals surface area contributed by atoms with Gasteiger partial charge in [-0.1, -0.05) is 38.1 Å². The Labute approximate surface area is 97.3 Å². The molecule has 0 bridgehead atoms. The molecule has 0 aliphatic carbocycles. The van der Waals surface area contributed by atoms with E-state index in [0.29, 0.717) is 18.2 Å². The smallest absolute Gasteiger partial charge is 0.148 e. The molecule has 1 aromatic rings. The molecule has 0 aromatic heterocycles. The van der Waals surface area contributed by atoms with Gasteiger partial charge in [-0.15, -0.1) is 0 Å². The van der Waals surface area contributed by atoms with Crippen LogP contribution in [-0.4, -0.2) is 23.8 Å². The fourth-order valence-corrected chi connectivity index (χ4v) is 2.09. The van der Waals surface area contributed by atoms with Crippen LogP contribution in [0.4, 0.5) is 0 Å². The number of benzene rings is 1. The molecular weight excluding hydrogens is 198 g/mol. The molecule has 1 aliphatic heterocycles. The zero-order chi connectivity index (χ0) is 11.5. The summed E-state index contributed by atoms with van der Waals surface area (Å²) >= 11 is 0. The van der Waals surface area contributed by atoms with Crippen LogP contribution in [0.5, 0.6) is 0 Å². The molecule has 0 unspecified atom stereocenters. The van der Waals surface area contributed by atoms with Crippen molar-refractivity contribution in [2.24, 2.45) is 0 Å². The summed E-state index contributed by atoms with van der Waals surface area (Å²) in [6.45, 7) is 6.86. The summed E-state index contributed by atoms with van der Waals surface area (Å²) in [5.41, 5.74) is 2.68. The lowest BCUT2D eigenvalue weighted by Crippen LogP contribution is -2.19. The summed E-state index contributed by atoms with van der Waals surface area (Å²) in [7, 11) is 0. The van der Waals surface area contributed by atoms with Crippen LogP contribution in [0.25, 0.3) is 0 Å². The standard InChI is InChI=1S/C14H19NO/c1-11(2)13-5-3-12(4-6-13)9-15-8-7-14(16)10-15/h3-6,11H,7-10H2,1-2H3. The van der Waals surface area contributed by atoms with Crippen LogP contribution in [0.3, 0.4) is 0 Å². The van der Waals surface area contributed by atoms with Crippen molar-refractivity contribution in [2.45, 2.75) is 32.7 Å². The van der Waals surface area contributed by atoms with Gasteiger partial charge in [0.2, 0.25) is 0 Å². The van der Waals surface area contributed by atoms with Crippen LogP contribution < -0.4 is 0 Å². The monoisotopic (exact) mass is 217 g/mol. The summed E-state index contributed by atoms with van der Waals surface area (Å²) in [5.74, 6) is 0.959. The maximum absolute atomic E-state index is 11.1. The molecule has 2 rings (SSSR count). The van der Waals surface area contributed by atoms with Gasteiger partial charge in [0.25, 0.3) is 0 Å². The number of rotatable bonds is 3. The van der Waals surface area contributed by atoms with Crippen LogP contribution in [0.15, 0.2) is 24.3 Å². The first-order chi connectivity index (χ1) is 7.65. The zero-order valence-electron chi connectivity index (χ0n) is 10.1. The molecule has 0 saturated carbocycles. The third-order valence-electron chi connectivity index (χ3n) is 3.16. The minimum Gasteiger partial charge on any atom is -0.298 e. The highest BCUT2D eigenvalue weighted by molar-refractivity contribution is 5.82. The van der Waals surface area contributed by atoms with Crippen LogP contribution in [0.1, 0.15) is 37.3 Å². The topological polar surface area (TPSA) is 20.3 Å². The van der Waals surface area contributed by atoms with Crippen molar-refractivity contribution in [1.29, 1.82) is 0 Å². The zero-order valence-corrected chi connectivity index (χ0v) is 10.1. The molecule has 86 valence electrons. The van der Waals surface area contributed by atoms with E-state index in [1.807, 2.05) is 0 Å². The second-order valence-electron chi connectivity index (χ2n) is 4.90. The lowest BCUT2D eigenvalue weighted by molar-refractivity contribution is -0.116. The van der Waals surface area contributed by atoms with E-state index in [4.69, 9.17) is 0 Å². The molecule has 0 radical (unpaired) electrons. The van der Waals surface area contributed by atoms with E-state index in [1.165, 1.54) is 11.1 Å². The van der Waals surface area contributed by atoms with Crippen LogP contribution in [0, 0.1) is 0 Å². The number of hydrogen-bond acceptors (Lipinski definition) is 2. The minimum absolute atomic E-state index is 0.374. The first kappa shape index (κ1) is 11.3. The number of carbonyl (C=O) groups excluding carboxylic acids is 1. The second kappa shape index (κ2) is 4.79. The van der Waals surface area contributed by atoms with Crippen molar-refractivity contribution >= 4 is 5.78 Å². The highest BCUT2D eigenvalue weighted by atomic mass is 16.1.